The smallest absolute Gasteiger partial charge is 0.251 e. The molecule has 10 heteroatoms. The van der Waals surface area contributed by atoms with Gasteiger partial charge in [0, 0.05) is 41.7 Å². The number of carbonyl (C=O) groups excluding carboxylic acids is 2. The SMILES string of the molecule is Cc1cnc(Nc2ccc(C(=O)NCCCCCCC(=O)NO)cc2)nc1Nc1cccc(F)c1. The molecule has 3 rings (SSSR count). The topological polar surface area (TPSA) is 128 Å². The number of aromatic nitrogens is 2. The number of halogens is 1. The van der Waals surface area contributed by atoms with E-state index in [1.165, 1.54) is 12.1 Å². The van der Waals surface area contributed by atoms with Gasteiger partial charge in [-0.25, -0.2) is 14.9 Å². The number of unbranched alkanes of at least 4 members (excludes halogenated alkanes) is 3. The Morgan fingerprint density at radius 3 is 2.49 bits per heavy atom. The van der Waals surface area contributed by atoms with Crippen molar-refractivity contribution in [3.05, 3.63) is 71.7 Å². The molecule has 0 saturated heterocycles. The second-order valence-corrected chi connectivity index (χ2v) is 8.02. The maximum Gasteiger partial charge on any atom is 0.251 e. The van der Waals surface area contributed by atoms with Crippen molar-refractivity contribution in [3.63, 3.8) is 0 Å². The third kappa shape index (κ3) is 8.35. The summed E-state index contributed by atoms with van der Waals surface area (Å²) in [7, 11) is 0. The molecule has 2 aromatic carbocycles. The predicted octanol–water partition coefficient (Wildman–Crippen LogP) is 4.60. The maximum absolute atomic E-state index is 13.5. The number of hydrogen-bond acceptors (Lipinski definition) is 7. The number of amides is 2. The van der Waals surface area contributed by atoms with Crippen molar-refractivity contribution in [2.45, 2.75) is 39.0 Å². The normalized spacial score (nSPS) is 10.5. The molecule has 35 heavy (non-hydrogen) atoms. The van der Waals surface area contributed by atoms with Gasteiger partial charge in [0.15, 0.2) is 0 Å². The van der Waals surface area contributed by atoms with Crippen LogP contribution in [0.2, 0.25) is 0 Å². The Kier molecular flexibility index (Phi) is 9.49. The van der Waals surface area contributed by atoms with Gasteiger partial charge in [0.1, 0.15) is 11.6 Å². The van der Waals surface area contributed by atoms with E-state index in [1.807, 2.05) is 6.92 Å². The third-order valence-electron chi connectivity index (χ3n) is 5.20. The lowest BCUT2D eigenvalue weighted by Crippen LogP contribution is -2.24. The van der Waals surface area contributed by atoms with Gasteiger partial charge in [-0.15, -0.1) is 0 Å². The van der Waals surface area contributed by atoms with Crippen LogP contribution in [0.25, 0.3) is 0 Å². The number of hydroxylamine groups is 1. The highest BCUT2D eigenvalue weighted by Gasteiger charge is 2.08. The number of nitrogens with one attached hydrogen (secondary N) is 4. The number of hydrogen-bond donors (Lipinski definition) is 5. The summed E-state index contributed by atoms with van der Waals surface area (Å²) in [5.74, 6) is 0.0355. The monoisotopic (exact) mass is 480 g/mol. The van der Waals surface area contributed by atoms with Crippen LogP contribution in [-0.4, -0.2) is 33.5 Å². The molecule has 0 unspecified atom stereocenters. The van der Waals surface area contributed by atoms with Crippen LogP contribution in [0.3, 0.4) is 0 Å². The molecule has 0 bridgehead atoms. The molecule has 0 fully saturated rings. The molecule has 184 valence electrons. The molecular formula is C25H29FN6O3. The molecular weight excluding hydrogens is 451 g/mol. The fraction of sp³-hybridized carbons (Fsp3) is 0.280. The summed E-state index contributed by atoms with van der Waals surface area (Å²) < 4.78 is 13.5. The largest absolute Gasteiger partial charge is 0.352 e. The van der Waals surface area contributed by atoms with E-state index in [0.717, 1.165) is 24.8 Å². The highest BCUT2D eigenvalue weighted by Crippen LogP contribution is 2.21. The fourth-order valence-corrected chi connectivity index (χ4v) is 3.29. The number of aryl methyl sites for hydroxylation is 1. The zero-order valence-electron chi connectivity index (χ0n) is 19.5. The Bertz CT molecular complexity index is 1140. The van der Waals surface area contributed by atoms with Crippen molar-refractivity contribution in [2.75, 3.05) is 17.2 Å². The lowest BCUT2D eigenvalue weighted by atomic mass is 10.1. The molecule has 3 aromatic rings. The maximum atomic E-state index is 13.5. The van der Waals surface area contributed by atoms with Crippen molar-refractivity contribution < 1.29 is 19.2 Å². The highest BCUT2D eigenvalue weighted by molar-refractivity contribution is 5.94. The summed E-state index contributed by atoms with van der Waals surface area (Å²) in [4.78, 5) is 32.0. The van der Waals surface area contributed by atoms with Crippen LogP contribution < -0.4 is 21.4 Å². The van der Waals surface area contributed by atoms with Gasteiger partial charge in [-0.1, -0.05) is 18.9 Å². The van der Waals surface area contributed by atoms with Gasteiger partial charge < -0.3 is 16.0 Å². The third-order valence-corrected chi connectivity index (χ3v) is 5.20. The van der Waals surface area contributed by atoms with E-state index < -0.39 is 0 Å². The van der Waals surface area contributed by atoms with Crippen molar-refractivity contribution in [1.29, 1.82) is 0 Å². The molecule has 1 aromatic heterocycles. The number of anilines is 4. The summed E-state index contributed by atoms with van der Waals surface area (Å²) in [6, 6.07) is 13.1. The number of carbonyl (C=O) groups is 2. The van der Waals surface area contributed by atoms with Crippen LogP contribution >= 0.6 is 0 Å². The minimum Gasteiger partial charge on any atom is -0.352 e. The summed E-state index contributed by atoms with van der Waals surface area (Å²) in [5, 5.41) is 17.5. The van der Waals surface area contributed by atoms with E-state index >= 15 is 0 Å². The van der Waals surface area contributed by atoms with Gasteiger partial charge >= 0.3 is 0 Å². The lowest BCUT2D eigenvalue weighted by molar-refractivity contribution is -0.129. The molecule has 0 radical (unpaired) electrons. The van der Waals surface area contributed by atoms with Gasteiger partial charge in [0.2, 0.25) is 11.9 Å². The first-order valence-electron chi connectivity index (χ1n) is 11.4. The Morgan fingerprint density at radius 1 is 0.971 bits per heavy atom. The number of nitrogens with zero attached hydrogens (tertiary/aromatic N) is 2. The molecule has 0 spiro atoms. The van der Waals surface area contributed by atoms with Gasteiger partial charge in [0.05, 0.1) is 0 Å². The Balaban J connectivity index is 1.47. The average Bonchev–Trinajstić information content (AvgIpc) is 2.85. The Hall–Kier alpha value is -4.05. The van der Waals surface area contributed by atoms with Crippen LogP contribution in [-0.2, 0) is 4.79 Å². The molecule has 1 heterocycles. The van der Waals surface area contributed by atoms with Crippen LogP contribution in [0.15, 0.2) is 54.7 Å². The van der Waals surface area contributed by atoms with Crippen molar-refractivity contribution in [1.82, 2.24) is 20.8 Å². The van der Waals surface area contributed by atoms with Crippen LogP contribution in [0.1, 0.15) is 48.0 Å². The Labute approximate surface area is 203 Å². The summed E-state index contributed by atoms with van der Waals surface area (Å²) in [6.07, 6.45) is 5.20. The van der Waals surface area contributed by atoms with Gasteiger partial charge in [-0.05, 0) is 62.2 Å². The summed E-state index contributed by atoms with van der Waals surface area (Å²) >= 11 is 0. The molecule has 0 saturated carbocycles. The quantitative estimate of drug-likeness (QED) is 0.146. The second kappa shape index (κ2) is 13.0. The highest BCUT2D eigenvalue weighted by atomic mass is 19.1. The molecule has 2 amide bonds. The van der Waals surface area contributed by atoms with Crippen molar-refractivity contribution in [3.8, 4) is 0 Å². The minimum atomic E-state index is -0.383. The van der Waals surface area contributed by atoms with E-state index in [9.17, 15) is 14.0 Å². The van der Waals surface area contributed by atoms with E-state index in [-0.39, 0.29) is 17.6 Å². The summed E-state index contributed by atoms with van der Waals surface area (Å²) in [6.45, 7) is 2.40. The van der Waals surface area contributed by atoms with E-state index in [4.69, 9.17) is 5.21 Å². The Morgan fingerprint density at radius 2 is 1.74 bits per heavy atom. The first-order chi connectivity index (χ1) is 16.9. The first kappa shape index (κ1) is 25.6. The average molecular weight is 481 g/mol. The first-order valence-corrected chi connectivity index (χ1v) is 11.4. The van der Waals surface area contributed by atoms with Gasteiger partial charge in [-0.2, -0.15) is 4.98 Å². The zero-order valence-corrected chi connectivity index (χ0v) is 19.5. The fourth-order valence-electron chi connectivity index (χ4n) is 3.29. The molecule has 0 aliphatic carbocycles. The van der Waals surface area contributed by atoms with E-state index in [0.29, 0.717) is 48.1 Å². The van der Waals surface area contributed by atoms with Gasteiger partial charge in [0.25, 0.3) is 5.91 Å². The van der Waals surface area contributed by atoms with Crippen LogP contribution in [0.5, 0.6) is 0 Å². The lowest BCUT2D eigenvalue weighted by Gasteiger charge is -2.11. The number of benzene rings is 2. The molecule has 5 N–H and O–H groups in total. The summed E-state index contributed by atoms with van der Waals surface area (Å²) in [5.41, 5.74) is 4.26. The molecule has 0 aliphatic heterocycles. The number of rotatable bonds is 12. The van der Waals surface area contributed by atoms with E-state index in [1.54, 1.807) is 48.1 Å². The predicted molar refractivity (Wildman–Crippen MR) is 132 cm³/mol. The van der Waals surface area contributed by atoms with Crippen molar-refractivity contribution >= 4 is 35.0 Å². The van der Waals surface area contributed by atoms with E-state index in [2.05, 4.69) is 25.9 Å². The molecule has 0 atom stereocenters. The molecule has 9 nitrogen and oxygen atoms in total. The van der Waals surface area contributed by atoms with Crippen LogP contribution in [0.4, 0.5) is 27.5 Å². The van der Waals surface area contributed by atoms with Crippen LogP contribution in [0, 0.1) is 12.7 Å². The van der Waals surface area contributed by atoms with Crippen molar-refractivity contribution in [2.24, 2.45) is 0 Å². The molecule has 0 aliphatic rings. The second-order valence-electron chi connectivity index (χ2n) is 8.02. The standard InChI is InChI=1S/C25H29FN6O3/c1-17-16-28-25(31-23(17)29-21-8-6-7-19(26)15-21)30-20-12-10-18(11-13-20)24(34)27-14-5-3-2-4-9-22(33)32-35/h6-8,10-13,15-16,35H,2-5,9,14H2,1H3,(H,27,34)(H,32,33)(H2,28,29,30,31). The van der Waals surface area contributed by atoms with Gasteiger partial charge in [-0.3, -0.25) is 14.8 Å². The minimum absolute atomic E-state index is 0.163. The zero-order chi connectivity index (χ0) is 25.0.